The van der Waals surface area contributed by atoms with E-state index in [9.17, 15) is 14.0 Å². The molecule has 28 heavy (non-hydrogen) atoms. The number of carbonyl (C=O) groups is 2. The Kier molecular flexibility index (Phi) is 7.31. The Balaban J connectivity index is 1.33. The molecule has 0 atom stereocenters. The highest BCUT2D eigenvalue weighted by atomic mass is 32.2. The van der Waals surface area contributed by atoms with Crippen LogP contribution in [0.3, 0.4) is 0 Å². The summed E-state index contributed by atoms with van der Waals surface area (Å²) in [5.74, 6) is -0.308. The molecule has 1 heterocycles. The lowest BCUT2D eigenvalue weighted by molar-refractivity contribution is -0.118. The minimum absolute atomic E-state index is 0.108. The largest absolute Gasteiger partial charge is 0.372 e. The number of amides is 2. The number of hydrogen-bond acceptors (Lipinski definition) is 4. The van der Waals surface area contributed by atoms with Crippen molar-refractivity contribution in [2.45, 2.75) is 19.4 Å². The van der Waals surface area contributed by atoms with Gasteiger partial charge < -0.3 is 15.5 Å². The van der Waals surface area contributed by atoms with E-state index in [0.717, 1.165) is 18.7 Å². The minimum atomic E-state index is -0.352. The summed E-state index contributed by atoms with van der Waals surface area (Å²) in [6.45, 7) is 2.70. The second kappa shape index (κ2) is 10.1. The smallest absolute Gasteiger partial charge is 0.234 e. The molecule has 0 saturated carbocycles. The van der Waals surface area contributed by atoms with Crippen molar-refractivity contribution in [3.05, 3.63) is 59.9 Å². The van der Waals surface area contributed by atoms with Gasteiger partial charge >= 0.3 is 0 Å². The van der Waals surface area contributed by atoms with Gasteiger partial charge in [0.05, 0.1) is 11.5 Å². The standard InChI is InChI=1S/C21H24FN3O2S/c22-17-5-7-18(8-6-17)24-21(27)15-28-14-20(26)23-13-16-3-9-19(10-4-16)25-11-1-2-12-25/h3-10H,1-2,11-15H2,(H,23,26)(H,24,27). The summed E-state index contributed by atoms with van der Waals surface area (Å²) < 4.78 is 12.8. The fourth-order valence-electron chi connectivity index (χ4n) is 3.02. The summed E-state index contributed by atoms with van der Waals surface area (Å²) in [7, 11) is 0. The average molecular weight is 402 g/mol. The van der Waals surface area contributed by atoms with Crippen LogP contribution < -0.4 is 15.5 Å². The van der Waals surface area contributed by atoms with E-state index in [1.165, 1.54) is 54.6 Å². The SMILES string of the molecule is O=C(CSCC(=O)Nc1ccc(F)cc1)NCc1ccc(N2CCCC2)cc1. The van der Waals surface area contributed by atoms with Crippen LogP contribution in [0.4, 0.5) is 15.8 Å². The van der Waals surface area contributed by atoms with Crippen LogP contribution in [-0.2, 0) is 16.1 Å². The molecular weight excluding hydrogens is 377 g/mol. The van der Waals surface area contributed by atoms with Gasteiger partial charge in [-0.2, -0.15) is 0 Å². The van der Waals surface area contributed by atoms with Crippen molar-refractivity contribution in [2.24, 2.45) is 0 Å². The molecule has 1 fully saturated rings. The normalized spacial score (nSPS) is 13.4. The summed E-state index contributed by atoms with van der Waals surface area (Å²) in [5, 5.41) is 5.54. The molecule has 148 valence electrons. The Morgan fingerprint density at radius 3 is 2.25 bits per heavy atom. The Labute approximate surface area is 168 Å². The van der Waals surface area contributed by atoms with E-state index in [0.29, 0.717) is 12.2 Å². The van der Waals surface area contributed by atoms with E-state index in [-0.39, 0.29) is 29.1 Å². The zero-order chi connectivity index (χ0) is 19.8. The van der Waals surface area contributed by atoms with Gasteiger partial charge in [0.2, 0.25) is 11.8 Å². The first kappa shape index (κ1) is 20.2. The lowest BCUT2D eigenvalue weighted by Crippen LogP contribution is -2.25. The summed E-state index contributed by atoms with van der Waals surface area (Å²) in [6.07, 6.45) is 2.49. The summed E-state index contributed by atoms with van der Waals surface area (Å²) in [6, 6.07) is 13.8. The van der Waals surface area contributed by atoms with Gasteiger partial charge in [0.25, 0.3) is 0 Å². The third-order valence-corrected chi connectivity index (χ3v) is 5.42. The molecule has 0 spiro atoms. The van der Waals surface area contributed by atoms with Crippen LogP contribution in [-0.4, -0.2) is 36.4 Å². The number of nitrogens with zero attached hydrogens (tertiary/aromatic N) is 1. The van der Waals surface area contributed by atoms with E-state index in [2.05, 4.69) is 27.7 Å². The first-order valence-corrected chi connectivity index (χ1v) is 10.5. The lowest BCUT2D eigenvalue weighted by atomic mass is 10.2. The quantitative estimate of drug-likeness (QED) is 0.712. The van der Waals surface area contributed by atoms with E-state index < -0.39 is 0 Å². The van der Waals surface area contributed by atoms with Crippen molar-refractivity contribution in [1.82, 2.24) is 5.32 Å². The third-order valence-electron chi connectivity index (χ3n) is 4.49. The van der Waals surface area contributed by atoms with E-state index in [4.69, 9.17) is 0 Å². The van der Waals surface area contributed by atoms with Gasteiger partial charge in [0.1, 0.15) is 5.82 Å². The molecule has 0 radical (unpaired) electrons. The Hall–Kier alpha value is -2.54. The van der Waals surface area contributed by atoms with Crippen molar-refractivity contribution >= 4 is 35.0 Å². The van der Waals surface area contributed by atoms with Crippen molar-refractivity contribution in [1.29, 1.82) is 0 Å². The molecule has 1 aliphatic heterocycles. The summed E-state index contributed by atoms with van der Waals surface area (Å²) in [4.78, 5) is 26.2. The van der Waals surface area contributed by atoms with Crippen LogP contribution in [0.15, 0.2) is 48.5 Å². The number of hydrogen-bond donors (Lipinski definition) is 2. The zero-order valence-corrected chi connectivity index (χ0v) is 16.4. The molecule has 1 saturated heterocycles. The Bertz CT molecular complexity index is 790. The molecule has 0 bridgehead atoms. The molecule has 0 unspecified atom stereocenters. The van der Waals surface area contributed by atoms with Crippen LogP contribution in [0.25, 0.3) is 0 Å². The molecule has 3 rings (SSSR count). The molecule has 1 aliphatic rings. The van der Waals surface area contributed by atoms with Crippen LogP contribution in [0, 0.1) is 5.82 Å². The fourth-order valence-corrected chi connectivity index (χ4v) is 3.67. The Morgan fingerprint density at radius 2 is 1.57 bits per heavy atom. The van der Waals surface area contributed by atoms with Crippen molar-refractivity contribution in [3.63, 3.8) is 0 Å². The van der Waals surface area contributed by atoms with Crippen LogP contribution in [0.2, 0.25) is 0 Å². The highest BCUT2D eigenvalue weighted by Crippen LogP contribution is 2.20. The second-order valence-corrected chi connectivity index (χ2v) is 7.67. The van der Waals surface area contributed by atoms with Gasteiger partial charge in [-0.1, -0.05) is 12.1 Å². The zero-order valence-electron chi connectivity index (χ0n) is 15.6. The highest BCUT2D eigenvalue weighted by Gasteiger charge is 2.12. The molecule has 2 amide bonds. The van der Waals surface area contributed by atoms with Gasteiger partial charge in [-0.15, -0.1) is 11.8 Å². The van der Waals surface area contributed by atoms with Gasteiger partial charge in [-0.3, -0.25) is 9.59 Å². The van der Waals surface area contributed by atoms with Gasteiger partial charge in [-0.05, 0) is 54.8 Å². The fraction of sp³-hybridized carbons (Fsp3) is 0.333. The molecule has 2 N–H and O–H groups in total. The van der Waals surface area contributed by atoms with Gasteiger partial charge in [0, 0.05) is 31.0 Å². The van der Waals surface area contributed by atoms with Crippen LogP contribution >= 0.6 is 11.8 Å². The monoisotopic (exact) mass is 401 g/mol. The average Bonchev–Trinajstić information content (AvgIpc) is 3.23. The van der Waals surface area contributed by atoms with Crippen LogP contribution in [0.5, 0.6) is 0 Å². The number of anilines is 2. The Morgan fingerprint density at radius 1 is 0.929 bits per heavy atom. The predicted octanol–water partition coefficient (Wildman–Crippen LogP) is 3.41. The van der Waals surface area contributed by atoms with E-state index in [1.54, 1.807) is 0 Å². The van der Waals surface area contributed by atoms with Crippen LogP contribution in [0.1, 0.15) is 18.4 Å². The number of nitrogens with one attached hydrogen (secondary N) is 2. The van der Waals surface area contributed by atoms with Gasteiger partial charge in [0.15, 0.2) is 0 Å². The first-order valence-electron chi connectivity index (χ1n) is 9.34. The second-order valence-electron chi connectivity index (χ2n) is 6.69. The molecular formula is C21H24FN3O2S. The number of benzene rings is 2. The number of carbonyl (C=O) groups excluding carboxylic acids is 2. The maximum atomic E-state index is 12.8. The van der Waals surface area contributed by atoms with Crippen molar-refractivity contribution in [3.8, 4) is 0 Å². The van der Waals surface area contributed by atoms with E-state index in [1.807, 2.05) is 12.1 Å². The maximum absolute atomic E-state index is 12.8. The molecule has 2 aromatic rings. The minimum Gasteiger partial charge on any atom is -0.372 e. The van der Waals surface area contributed by atoms with Gasteiger partial charge in [-0.25, -0.2) is 4.39 Å². The molecule has 7 heteroatoms. The molecule has 5 nitrogen and oxygen atoms in total. The molecule has 0 aliphatic carbocycles. The van der Waals surface area contributed by atoms with E-state index >= 15 is 0 Å². The number of thioether (sulfide) groups is 1. The molecule has 0 aromatic heterocycles. The highest BCUT2D eigenvalue weighted by molar-refractivity contribution is 8.00. The predicted molar refractivity (Wildman–Crippen MR) is 112 cm³/mol. The number of rotatable bonds is 8. The third kappa shape index (κ3) is 6.27. The lowest BCUT2D eigenvalue weighted by Gasteiger charge is -2.17. The maximum Gasteiger partial charge on any atom is 0.234 e. The topological polar surface area (TPSA) is 61.4 Å². The van der Waals surface area contributed by atoms with Crippen molar-refractivity contribution < 1.29 is 14.0 Å². The summed E-state index contributed by atoms with van der Waals surface area (Å²) >= 11 is 1.24. The summed E-state index contributed by atoms with van der Waals surface area (Å²) in [5.41, 5.74) is 2.82. The molecule has 2 aromatic carbocycles. The number of halogens is 1. The van der Waals surface area contributed by atoms with Crippen molar-refractivity contribution in [2.75, 3.05) is 34.8 Å². The first-order chi connectivity index (χ1) is 13.6.